The molecule has 106 valence electrons. The molecule has 2 fully saturated rings. The van der Waals surface area contributed by atoms with Crippen LogP contribution in [0.4, 0.5) is 0 Å². The minimum absolute atomic E-state index is 0.473. The molecule has 1 saturated carbocycles. The fourth-order valence-corrected chi connectivity index (χ4v) is 3.69. The third-order valence-electron chi connectivity index (χ3n) is 5.01. The molecule has 0 amide bonds. The van der Waals surface area contributed by atoms with Crippen LogP contribution in [0.2, 0.25) is 0 Å². The molecule has 1 saturated heterocycles. The number of hydrogen-bond acceptors (Lipinski definition) is 2. The largest absolute Gasteiger partial charge is 0.308 e. The SMILES string of the molecule is CCC1CNC2(CCCCC2)CN1CCC(C)C. The van der Waals surface area contributed by atoms with Crippen molar-refractivity contribution in [3.05, 3.63) is 0 Å². The van der Waals surface area contributed by atoms with E-state index in [2.05, 4.69) is 31.0 Å². The van der Waals surface area contributed by atoms with Gasteiger partial charge < -0.3 is 5.32 Å². The average Bonchev–Trinajstić information content (AvgIpc) is 2.37. The predicted octanol–water partition coefficient (Wildman–Crippen LogP) is 3.42. The Morgan fingerprint density at radius 3 is 2.56 bits per heavy atom. The summed E-state index contributed by atoms with van der Waals surface area (Å²) in [5.41, 5.74) is 0.473. The minimum atomic E-state index is 0.473. The van der Waals surface area contributed by atoms with Crippen LogP contribution in [0.15, 0.2) is 0 Å². The summed E-state index contributed by atoms with van der Waals surface area (Å²) in [5.74, 6) is 0.833. The highest BCUT2D eigenvalue weighted by Crippen LogP contribution is 2.32. The fourth-order valence-electron chi connectivity index (χ4n) is 3.69. The van der Waals surface area contributed by atoms with Gasteiger partial charge in [0.2, 0.25) is 0 Å². The normalized spacial score (nSPS) is 29.0. The maximum Gasteiger partial charge on any atom is 0.0309 e. The van der Waals surface area contributed by atoms with Crippen LogP contribution in [-0.4, -0.2) is 36.1 Å². The summed E-state index contributed by atoms with van der Waals surface area (Å²) < 4.78 is 0. The molecule has 2 heteroatoms. The molecule has 0 aromatic heterocycles. The molecule has 18 heavy (non-hydrogen) atoms. The second-order valence-corrected chi connectivity index (χ2v) is 6.94. The van der Waals surface area contributed by atoms with Gasteiger partial charge in [-0.25, -0.2) is 0 Å². The van der Waals surface area contributed by atoms with E-state index in [-0.39, 0.29) is 0 Å². The zero-order chi connectivity index (χ0) is 13.0. The molecule has 0 aromatic rings. The van der Waals surface area contributed by atoms with Crippen LogP contribution in [0, 0.1) is 5.92 Å². The van der Waals surface area contributed by atoms with Gasteiger partial charge in [-0.1, -0.05) is 40.0 Å². The molecule has 2 rings (SSSR count). The van der Waals surface area contributed by atoms with Crippen molar-refractivity contribution >= 4 is 0 Å². The van der Waals surface area contributed by atoms with Gasteiger partial charge in [-0.15, -0.1) is 0 Å². The Labute approximate surface area is 114 Å². The van der Waals surface area contributed by atoms with Gasteiger partial charge in [0.25, 0.3) is 0 Å². The van der Waals surface area contributed by atoms with Gasteiger partial charge in [0.05, 0.1) is 0 Å². The molecule has 0 aromatic carbocycles. The quantitative estimate of drug-likeness (QED) is 0.825. The van der Waals surface area contributed by atoms with E-state index >= 15 is 0 Å². The first kappa shape index (κ1) is 14.3. The van der Waals surface area contributed by atoms with Gasteiger partial charge in [-0.3, -0.25) is 4.90 Å². The third-order valence-corrected chi connectivity index (χ3v) is 5.01. The van der Waals surface area contributed by atoms with E-state index in [4.69, 9.17) is 0 Å². The van der Waals surface area contributed by atoms with Crippen LogP contribution in [0.3, 0.4) is 0 Å². The zero-order valence-electron chi connectivity index (χ0n) is 12.7. The molecule has 0 radical (unpaired) electrons. The summed E-state index contributed by atoms with van der Waals surface area (Å²) in [6.07, 6.45) is 9.77. The van der Waals surface area contributed by atoms with Crippen LogP contribution < -0.4 is 5.32 Å². The molecule has 1 aliphatic carbocycles. The van der Waals surface area contributed by atoms with E-state index in [1.807, 2.05) is 0 Å². The van der Waals surface area contributed by atoms with Gasteiger partial charge in [0, 0.05) is 24.7 Å². The van der Waals surface area contributed by atoms with Gasteiger partial charge in [-0.05, 0) is 38.1 Å². The third kappa shape index (κ3) is 3.48. The van der Waals surface area contributed by atoms with Crippen molar-refractivity contribution in [3.63, 3.8) is 0 Å². The van der Waals surface area contributed by atoms with Crippen molar-refractivity contribution in [2.24, 2.45) is 5.92 Å². The van der Waals surface area contributed by atoms with Crippen molar-refractivity contribution in [2.45, 2.75) is 77.3 Å². The number of nitrogens with zero attached hydrogens (tertiary/aromatic N) is 1. The molecule has 1 N–H and O–H groups in total. The lowest BCUT2D eigenvalue weighted by Gasteiger charge is -2.50. The average molecular weight is 252 g/mol. The van der Waals surface area contributed by atoms with E-state index in [1.165, 1.54) is 64.6 Å². The Bertz CT molecular complexity index is 243. The van der Waals surface area contributed by atoms with Gasteiger partial charge in [0.15, 0.2) is 0 Å². The second-order valence-electron chi connectivity index (χ2n) is 6.94. The monoisotopic (exact) mass is 252 g/mol. The predicted molar refractivity (Wildman–Crippen MR) is 78.9 cm³/mol. The highest BCUT2D eigenvalue weighted by atomic mass is 15.3. The van der Waals surface area contributed by atoms with Gasteiger partial charge in [-0.2, -0.15) is 0 Å². The van der Waals surface area contributed by atoms with Crippen molar-refractivity contribution in [2.75, 3.05) is 19.6 Å². The Kier molecular flexibility index (Phi) is 5.08. The van der Waals surface area contributed by atoms with Crippen molar-refractivity contribution in [1.82, 2.24) is 10.2 Å². The lowest BCUT2D eigenvalue weighted by molar-refractivity contribution is 0.0509. The van der Waals surface area contributed by atoms with E-state index in [0.717, 1.165) is 12.0 Å². The standard InChI is InChI=1S/C16H32N2/c1-4-15-12-17-16(9-6-5-7-10-16)13-18(15)11-8-14(2)3/h14-15,17H,4-13H2,1-3H3. The summed E-state index contributed by atoms with van der Waals surface area (Å²) in [4.78, 5) is 2.79. The molecule has 1 atom stereocenters. The van der Waals surface area contributed by atoms with Crippen LogP contribution in [0.5, 0.6) is 0 Å². The molecular weight excluding hydrogens is 220 g/mol. The Morgan fingerprint density at radius 1 is 1.22 bits per heavy atom. The first-order chi connectivity index (χ1) is 8.65. The van der Waals surface area contributed by atoms with Crippen LogP contribution in [0.25, 0.3) is 0 Å². The first-order valence-corrected chi connectivity index (χ1v) is 8.14. The summed E-state index contributed by atoms with van der Waals surface area (Å²) >= 11 is 0. The number of nitrogens with one attached hydrogen (secondary N) is 1. The molecule has 1 heterocycles. The second kappa shape index (κ2) is 6.38. The van der Waals surface area contributed by atoms with Crippen molar-refractivity contribution in [3.8, 4) is 0 Å². The topological polar surface area (TPSA) is 15.3 Å². The fraction of sp³-hybridized carbons (Fsp3) is 1.00. The van der Waals surface area contributed by atoms with Crippen molar-refractivity contribution < 1.29 is 0 Å². The van der Waals surface area contributed by atoms with E-state index in [0.29, 0.717) is 5.54 Å². The number of hydrogen-bond donors (Lipinski definition) is 1. The molecular formula is C16H32N2. The molecule has 1 spiro atoms. The molecule has 2 aliphatic rings. The van der Waals surface area contributed by atoms with Gasteiger partial charge >= 0.3 is 0 Å². The maximum atomic E-state index is 3.91. The Balaban J connectivity index is 1.94. The van der Waals surface area contributed by atoms with E-state index in [1.54, 1.807) is 0 Å². The lowest BCUT2D eigenvalue weighted by atomic mass is 9.79. The Hall–Kier alpha value is -0.0800. The molecule has 1 aliphatic heterocycles. The Morgan fingerprint density at radius 2 is 1.94 bits per heavy atom. The van der Waals surface area contributed by atoms with E-state index in [9.17, 15) is 0 Å². The first-order valence-electron chi connectivity index (χ1n) is 8.14. The lowest BCUT2D eigenvalue weighted by Crippen LogP contribution is -2.64. The maximum absolute atomic E-state index is 3.91. The van der Waals surface area contributed by atoms with E-state index < -0.39 is 0 Å². The molecule has 2 nitrogen and oxygen atoms in total. The number of piperazine rings is 1. The van der Waals surface area contributed by atoms with Crippen molar-refractivity contribution in [1.29, 1.82) is 0 Å². The van der Waals surface area contributed by atoms with Gasteiger partial charge in [0.1, 0.15) is 0 Å². The zero-order valence-corrected chi connectivity index (χ0v) is 12.7. The van der Waals surface area contributed by atoms with Crippen LogP contribution in [-0.2, 0) is 0 Å². The summed E-state index contributed by atoms with van der Waals surface area (Å²) in [6, 6.07) is 0.774. The highest BCUT2D eigenvalue weighted by molar-refractivity contribution is 4.99. The van der Waals surface area contributed by atoms with Crippen LogP contribution >= 0.6 is 0 Å². The number of rotatable bonds is 4. The summed E-state index contributed by atoms with van der Waals surface area (Å²) in [6.45, 7) is 10.9. The smallest absolute Gasteiger partial charge is 0.0309 e. The summed E-state index contributed by atoms with van der Waals surface area (Å²) in [7, 11) is 0. The molecule has 1 unspecified atom stereocenters. The summed E-state index contributed by atoms with van der Waals surface area (Å²) in [5, 5.41) is 3.91. The van der Waals surface area contributed by atoms with Crippen LogP contribution in [0.1, 0.15) is 65.7 Å². The minimum Gasteiger partial charge on any atom is -0.308 e. The molecule has 0 bridgehead atoms. The highest BCUT2D eigenvalue weighted by Gasteiger charge is 2.38.